The van der Waals surface area contributed by atoms with Gasteiger partial charge < -0.3 is 15.0 Å². The van der Waals surface area contributed by atoms with E-state index in [1.807, 2.05) is 0 Å². The Bertz CT molecular complexity index is 419. The number of nitrogens with one attached hydrogen (secondary N) is 1. The summed E-state index contributed by atoms with van der Waals surface area (Å²) in [7, 11) is 2.14. The number of rotatable bonds is 7. The molecule has 1 aliphatic heterocycles. The van der Waals surface area contributed by atoms with Crippen LogP contribution >= 0.6 is 15.9 Å². The van der Waals surface area contributed by atoms with Gasteiger partial charge in [-0.05, 0) is 59.4 Å². The number of anilines is 1. The number of hydrogen-bond acceptors (Lipinski definition) is 3. The second-order valence-electron chi connectivity index (χ2n) is 5.48. The van der Waals surface area contributed by atoms with E-state index in [1.54, 1.807) is 0 Å². The summed E-state index contributed by atoms with van der Waals surface area (Å²) in [5.74, 6) is 0. The molecule has 20 heavy (non-hydrogen) atoms. The van der Waals surface area contributed by atoms with Crippen molar-refractivity contribution in [2.45, 2.75) is 38.8 Å². The Morgan fingerprint density at radius 1 is 1.45 bits per heavy atom. The smallest absolute Gasteiger partial charge is 0.0750 e. The van der Waals surface area contributed by atoms with Crippen LogP contribution in [0.15, 0.2) is 22.7 Å². The van der Waals surface area contributed by atoms with E-state index in [-0.39, 0.29) is 0 Å². The average molecular weight is 341 g/mol. The van der Waals surface area contributed by atoms with Gasteiger partial charge in [-0.25, -0.2) is 0 Å². The molecule has 0 aromatic heterocycles. The zero-order chi connectivity index (χ0) is 14.4. The van der Waals surface area contributed by atoms with Crippen LogP contribution in [0.3, 0.4) is 0 Å². The van der Waals surface area contributed by atoms with Gasteiger partial charge in [-0.2, -0.15) is 0 Å². The molecule has 1 N–H and O–H groups in total. The molecule has 1 unspecified atom stereocenters. The number of nitrogens with zero attached hydrogens (tertiary/aromatic N) is 1. The first-order valence-electron chi connectivity index (χ1n) is 7.52. The maximum absolute atomic E-state index is 5.71. The lowest BCUT2D eigenvalue weighted by atomic mass is 10.1. The molecule has 3 nitrogen and oxygen atoms in total. The summed E-state index contributed by atoms with van der Waals surface area (Å²) in [6.45, 7) is 6.07. The van der Waals surface area contributed by atoms with E-state index in [1.165, 1.54) is 30.5 Å². The summed E-state index contributed by atoms with van der Waals surface area (Å²) in [5.41, 5.74) is 2.55. The lowest BCUT2D eigenvalue weighted by molar-refractivity contribution is 0.116. The monoisotopic (exact) mass is 340 g/mol. The highest BCUT2D eigenvalue weighted by atomic mass is 79.9. The molecule has 4 heteroatoms. The summed E-state index contributed by atoms with van der Waals surface area (Å²) in [6, 6.07) is 6.61. The topological polar surface area (TPSA) is 24.5 Å². The van der Waals surface area contributed by atoms with Gasteiger partial charge in [0.1, 0.15) is 0 Å². The highest BCUT2D eigenvalue weighted by Crippen LogP contribution is 2.27. The normalized spacial score (nSPS) is 18.4. The molecular formula is C16H25BrN2O. The van der Waals surface area contributed by atoms with Crippen molar-refractivity contribution >= 4 is 21.6 Å². The predicted octanol–water partition coefficient (Wildman–Crippen LogP) is 3.56. The van der Waals surface area contributed by atoms with Gasteiger partial charge in [0.15, 0.2) is 0 Å². The van der Waals surface area contributed by atoms with E-state index in [0.717, 1.165) is 30.7 Å². The van der Waals surface area contributed by atoms with Crippen LogP contribution in [0.4, 0.5) is 5.69 Å². The van der Waals surface area contributed by atoms with Gasteiger partial charge in [-0.3, -0.25) is 0 Å². The molecule has 0 amide bonds. The molecule has 1 fully saturated rings. The molecule has 112 valence electrons. The number of halogens is 1. The van der Waals surface area contributed by atoms with E-state index in [0.29, 0.717) is 6.10 Å². The summed E-state index contributed by atoms with van der Waals surface area (Å²) < 4.78 is 6.87. The molecule has 0 spiro atoms. The third-order valence-electron chi connectivity index (χ3n) is 3.68. The van der Waals surface area contributed by atoms with Crippen molar-refractivity contribution in [2.75, 3.05) is 31.6 Å². The van der Waals surface area contributed by atoms with Crippen molar-refractivity contribution in [3.05, 3.63) is 28.2 Å². The first kappa shape index (κ1) is 15.8. The summed E-state index contributed by atoms with van der Waals surface area (Å²) in [4.78, 5) is 2.28. The van der Waals surface area contributed by atoms with Crippen molar-refractivity contribution in [3.8, 4) is 0 Å². The van der Waals surface area contributed by atoms with Crippen molar-refractivity contribution in [1.82, 2.24) is 5.32 Å². The fraction of sp³-hybridized carbons (Fsp3) is 0.625. The molecule has 0 radical (unpaired) electrons. The van der Waals surface area contributed by atoms with Gasteiger partial charge in [-0.15, -0.1) is 0 Å². The summed E-state index contributed by atoms with van der Waals surface area (Å²) in [6.07, 6.45) is 3.93. The molecule has 1 aromatic carbocycles. The van der Waals surface area contributed by atoms with Gasteiger partial charge in [0.25, 0.3) is 0 Å². The third-order valence-corrected chi connectivity index (χ3v) is 4.32. The van der Waals surface area contributed by atoms with E-state index in [2.05, 4.69) is 58.3 Å². The molecule has 0 bridgehead atoms. The van der Waals surface area contributed by atoms with E-state index < -0.39 is 0 Å². The minimum absolute atomic E-state index is 0.387. The SMILES string of the molecule is CCCNCc1ccc(N(C)CC2CCCO2)c(Br)c1. The Morgan fingerprint density at radius 2 is 2.30 bits per heavy atom. The summed E-state index contributed by atoms with van der Waals surface area (Å²) in [5, 5.41) is 3.43. The van der Waals surface area contributed by atoms with Gasteiger partial charge in [0.05, 0.1) is 11.8 Å². The fourth-order valence-electron chi connectivity index (χ4n) is 2.57. The minimum Gasteiger partial charge on any atom is -0.376 e. The largest absolute Gasteiger partial charge is 0.376 e. The first-order valence-corrected chi connectivity index (χ1v) is 8.32. The molecule has 0 saturated carbocycles. The Labute approximate surface area is 130 Å². The van der Waals surface area contributed by atoms with Crippen molar-refractivity contribution in [3.63, 3.8) is 0 Å². The van der Waals surface area contributed by atoms with Gasteiger partial charge >= 0.3 is 0 Å². The van der Waals surface area contributed by atoms with Crippen LogP contribution in [0.25, 0.3) is 0 Å². The highest BCUT2D eigenvalue weighted by Gasteiger charge is 2.18. The highest BCUT2D eigenvalue weighted by molar-refractivity contribution is 9.10. The first-order chi connectivity index (χ1) is 9.70. The van der Waals surface area contributed by atoms with Crippen molar-refractivity contribution < 1.29 is 4.74 Å². The molecule has 1 atom stereocenters. The van der Waals surface area contributed by atoms with Crippen LogP contribution < -0.4 is 10.2 Å². The number of benzene rings is 1. The van der Waals surface area contributed by atoms with Crippen LogP contribution in [0, 0.1) is 0 Å². The van der Waals surface area contributed by atoms with Crippen LogP contribution in [-0.4, -0.2) is 32.8 Å². The minimum atomic E-state index is 0.387. The maximum Gasteiger partial charge on any atom is 0.0750 e. The van der Waals surface area contributed by atoms with Gasteiger partial charge in [0, 0.05) is 31.2 Å². The molecule has 1 aromatic rings. The fourth-order valence-corrected chi connectivity index (χ4v) is 3.30. The lowest BCUT2D eigenvalue weighted by Crippen LogP contribution is -2.28. The summed E-state index contributed by atoms with van der Waals surface area (Å²) >= 11 is 3.70. The zero-order valence-corrected chi connectivity index (χ0v) is 14.1. The molecule has 0 aliphatic carbocycles. The predicted molar refractivity (Wildman–Crippen MR) is 88.4 cm³/mol. The second-order valence-corrected chi connectivity index (χ2v) is 6.33. The molecular weight excluding hydrogens is 316 g/mol. The van der Waals surface area contributed by atoms with E-state index in [4.69, 9.17) is 4.74 Å². The molecule has 2 rings (SSSR count). The standard InChI is InChI=1S/C16H25BrN2O/c1-3-8-18-11-13-6-7-16(15(17)10-13)19(2)12-14-5-4-9-20-14/h6-7,10,14,18H,3-5,8-9,11-12H2,1-2H3. The Hall–Kier alpha value is -0.580. The second kappa shape index (κ2) is 8.01. The number of likely N-dealkylation sites (N-methyl/N-ethyl adjacent to an activating group) is 1. The van der Waals surface area contributed by atoms with Gasteiger partial charge in [-0.1, -0.05) is 13.0 Å². The van der Waals surface area contributed by atoms with Crippen LogP contribution in [0.5, 0.6) is 0 Å². The van der Waals surface area contributed by atoms with E-state index in [9.17, 15) is 0 Å². The van der Waals surface area contributed by atoms with Crippen LogP contribution in [0.2, 0.25) is 0 Å². The zero-order valence-electron chi connectivity index (χ0n) is 12.5. The van der Waals surface area contributed by atoms with Crippen LogP contribution in [0.1, 0.15) is 31.7 Å². The third kappa shape index (κ3) is 4.47. The molecule has 1 saturated heterocycles. The Kier molecular flexibility index (Phi) is 6.33. The van der Waals surface area contributed by atoms with Crippen LogP contribution in [-0.2, 0) is 11.3 Å². The average Bonchev–Trinajstić information content (AvgIpc) is 2.92. The number of ether oxygens (including phenoxy) is 1. The Balaban J connectivity index is 1.93. The van der Waals surface area contributed by atoms with Crippen molar-refractivity contribution in [2.24, 2.45) is 0 Å². The number of hydrogen-bond donors (Lipinski definition) is 1. The quantitative estimate of drug-likeness (QED) is 0.768. The molecule has 1 heterocycles. The van der Waals surface area contributed by atoms with E-state index >= 15 is 0 Å². The Morgan fingerprint density at radius 3 is 2.95 bits per heavy atom. The van der Waals surface area contributed by atoms with Crippen molar-refractivity contribution in [1.29, 1.82) is 0 Å². The molecule has 1 aliphatic rings. The maximum atomic E-state index is 5.71. The van der Waals surface area contributed by atoms with Gasteiger partial charge in [0.2, 0.25) is 0 Å². The lowest BCUT2D eigenvalue weighted by Gasteiger charge is -2.24.